The van der Waals surface area contributed by atoms with Crippen LogP contribution in [0.2, 0.25) is 0 Å². The molecule has 0 radical (unpaired) electrons. The molecule has 1 aromatic heterocycles. The number of rotatable bonds is 2. The Kier molecular flexibility index (Phi) is 3.03. The van der Waals surface area contributed by atoms with E-state index in [0.29, 0.717) is 5.69 Å². The van der Waals surface area contributed by atoms with Crippen molar-refractivity contribution in [3.8, 4) is 5.69 Å². The fraction of sp³-hybridized carbons (Fsp3) is 0.357. The summed E-state index contributed by atoms with van der Waals surface area (Å²) in [5, 5.41) is 0. The van der Waals surface area contributed by atoms with Gasteiger partial charge in [-0.1, -0.05) is 26.0 Å². The van der Waals surface area contributed by atoms with Gasteiger partial charge in [0.1, 0.15) is 5.69 Å². The molecule has 0 amide bonds. The number of aryl methyl sites for hydroxylation is 1. The quantitative estimate of drug-likeness (QED) is 0.881. The Hall–Kier alpha value is -1.97. The Morgan fingerprint density at radius 1 is 1.28 bits per heavy atom. The standard InChI is InChI=1S/C14H19N3O/c1-9(2)13-12(15)14(18)17(16(13)4)11-7-5-6-10(3)8-11/h5-9H,15H2,1-4H3. The van der Waals surface area contributed by atoms with Gasteiger partial charge in [0.2, 0.25) is 0 Å². The van der Waals surface area contributed by atoms with E-state index in [4.69, 9.17) is 5.73 Å². The lowest BCUT2D eigenvalue weighted by atomic mass is 10.1. The fourth-order valence-electron chi connectivity index (χ4n) is 2.38. The second kappa shape index (κ2) is 4.37. The van der Waals surface area contributed by atoms with Crippen molar-refractivity contribution in [3.05, 3.63) is 45.9 Å². The van der Waals surface area contributed by atoms with E-state index in [-0.39, 0.29) is 11.5 Å². The third-order valence-corrected chi connectivity index (χ3v) is 3.14. The maximum atomic E-state index is 12.2. The Balaban J connectivity index is 2.74. The Labute approximate surface area is 107 Å². The zero-order chi connectivity index (χ0) is 13.4. The number of benzene rings is 1. The molecule has 4 nitrogen and oxygen atoms in total. The average molecular weight is 245 g/mol. The number of aromatic nitrogens is 2. The smallest absolute Gasteiger partial charge is 0.294 e. The third-order valence-electron chi connectivity index (χ3n) is 3.14. The highest BCUT2D eigenvalue weighted by molar-refractivity contribution is 5.47. The highest BCUT2D eigenvalue weighted by atomic mass is 16.1. The summed E-state index contributed by atoms with van der Waals surface area (Å²) in [6.45, 7) is 6.07. The first-order valence-corrected chi connectivity index (χ1v) is 6.08. The van der Waals surface area contributed by atoms with Crippen LogP contribution in [0.5, 0.6) is 0 Å². The molecular formula is C14H19N3O. The minimum atomic E-state index is -0.146. The first-order chi connectivity index (χ1) is 8.43. The molecule has 0 saturated heterocycles. The normalized spacial score (nSPS) is 11.2. The minimum Gasteiger partial charge on any atom is -0.393 e. The van der Waals surface area contributed by atoms with E-state index in [0.717, 1.165) is 16.9 Å². The van der Waals surface area contributed by atoms with Crippen LogP contribution in [0.25, 0.3) is 5.69 Å². The molecule has 0 unspecified atom stereocenters. The van der Waals surface area contributed by atoms with Crippen molar-refractivity contribution in [2.24, 2.45) is 7.05 Å². The van der Waals surface area contributed by atoms with Gasteiger partial charge in [0.15, 0.2) is 0 Å². The molecule has 2 rings (SSSR count). The van der Waals surface area contributed by atoms with E-state index >= 15 is 0 Å². The fourth-order valence-corrected chi connectivity index (χ4v) is 2.38. The Morgan fingerprint density at radius 3 is 2.44 bits per heavy atom. The van der Waals surface area contributed by atoms with Gasteiger partial charge in [-0.3, -0.25) is 9.48 Å². The summed E-state index contributed by atoms with van der Waals surface area (Å²) >= 11 is 0. The monoisotopic (exact) mass is 245 g/mol. The Morgan fingerprint density at radius 2 is 1.94 bits per heavy atom. The van der Waals surface area contributed by atoms with Gasteiger partial charge in [0.25, 0.3) is 5.56 Å². The van der Waals surface area contributed by atoms with Crippen molar-refractivity contribution in [1.29, 1.82) is 0 Å². The van der Waals surface area contributed by atoms with Crippen molar-refractivity contribution in [2.75, 3.05) is 5.73 Å². The molecule has 18 heavy (non-hydrogen) atoms. The van der Waals surface area contributed by atoms with Gasteiger partial charge < -0.3 is 5.73 Å². The molecule has 1 heterocycles. The molecular weight excluding hydrogens is 226 g/mol. The van der Waals surface area contributed by atoms with Crippen LogP contribution in [0, 0.1) is 6.92 Å². The van der Waals surface area contributed by atoms with Crippen molar-refractivity contribution < 1.29 is 0 Å². The summed E-state index contributed by atoms with van der Waals surface area (Å²) in [4.78, 5) is 12.2. The van der Waals surface area contributed by atoms with Crippen LogP contribution in [0.3, 0.4) is 0 Å². The summed E-state index contributed by atoms with van der Waals surface area (Å²) in [6.07, 6.45) is 0. The largest absolute Gasteiger partial charge is 0.393 e. The molecule has 0 bridgehead atoms. The lowest BCUT2D eigenvalue weighted by molar-refractivity contribution is 0.595. The SMILES string of the molecule is Cc1cccc(-n2c(=O)c(N)c(C(C)C)n2C)c1. The molecule has 1 aromatic carbocycles. The maximum Gasteiger partial charge on any atom is 0.294 e. The first-order valence-electron chi connectivity index (χ1n) is 6.08. The van der Waals surface area contributed by atoms with Gasteiger partial charge in [-0.15, -0.1) is 0 Å². The number of nitrogens with two attached hydrogens (primary N) is 1. The number of anilines is 1. The number of nitrogen functional groups attached to an aromatic ring is 1. The second-order valence-corrected chi connectivity index (χ2v) is 4.93. The molecule has 96 valence electrons. The Bertz CT molecular complexity index is 635. The molecule has 0 atom stereocenters. The summed E-state index contributed by atoms with van der Waals surface area (Å²) in [5.41, 5.74) is 8.96. The molecule has 0 spiro atoms. The molecule has 4 heteroatoms. The van der Waals surface area contributed by atoms with Gasteiger partial charge in [0, 0.05) is 7.05 Å². The highest BCUT2D eigenvalue weighted by Crippen LogP contribution is 2.20. The zero-order valence-electron chi connectivity index (χ0n) is 11.3. The van der Waals surface area contributed by atoms with Gasteiger partial charge in [0.05, 0.1) is 11.4 Å². The van der Waals surface area contributed by atoms with Crippen molar-refractivity contribution in [2.45, 2.75) is 26.7 Å². The summed E-state index contributed by atoms with van der Waals surface area (Å²) < 4.78 is 3.47. The molecule has 2 aromatic rings. The van der Waals surface area contributed by atoms with E-state index < -0.39 is 0 Å². The third kappa shape index (κ3) is 1.83. The number of hydrogen-bond acceptors (Lipinski definition) is 2. The maximum absolute atomic E-state index is 12.2. The van der Waals surface area contributed by atoms with Crippen LogP contribution in [0.4, 0.5) is 5.69 Å². The zero-order valence-corrected chi connectivity index (χ0v) is 11.3. The van der Waals surface area contributed by atoms with Crippen molar-refractivity contribution in [1.82, 2.24) is 9.36 Å². The average Bonchev–Trinajstić information content (AvgIpc) is 2.50. The van der Waals surface area contributed by atoms with Gasteiger partial charge >= 0.3 is 0 Å². The van der Waals surface area contributed by atoms with E-state index in [1.54, 1.807) is 4.68 Å². The first kappa shape index (κ1) is 12.5. The predicted molar refractivity (Wildman–Crippen MR) is 74.2 cm³/mol. The lowest BCUT2D eigenvalue weighted by Crippen LogP contribution is -2.20. The van der Waals surface area contributed by atoms with Crippen LogP contribution < -0.4 is 11.3 Å². The van der Waals surface area contributed by atoms with Crippen LogP contribution >= 0.6 is 0 Å². The van der Waals surface area contributed by atoms with Gasteiger partial charge in [-0.05, 0) is 30.5 Å². The minimum absolute atomic E-state index is 0.146. The molecule has 0 aliphatic heterocycles. The summed E-state index contributed by atoms with van der Waals surface area (Å²) in [7, 11) is 1.87. The van der Waals surface area contributed by atoms with Crippen molar-refractivity contribution >= 4 is 5.69 Å². The number of nitrogens with zero attached hydrogens (tertiary/aromatic N) is 2. The number of hydrogen-bond donors (Lipinski definition) is 1. The van der Waals surface area contributed by atoms with Crippen LogP contribution in [0.1, 0.15) is 31.0 Å². The van der Waals surface area contributed by atoms with Crippen molar-refractivity contribution in [3.63, 3.8) is 0 Å². The highest BCUT2D eigenvalue weighted by Gasteiger charge is 2.18. The second-order valence-electron chi connectivity index (χ2n) is 4.93. The van der Waals surface area contributed by atoms with Crippen LogP contribution in [0.15, 0.2) is 29.1 Å². The van der Waals surface area contributed by atoms with Gasteiger partial charge in [-0.25, -0.2) is 4.68 Å². The van der Waals surface area contributed by atoms with Gasteiger partial charge in [-0.2, -0.15) is 0 Å². The summed E-state index contributed by atoms with van der Waals surface area (Å²) in [5.74, 6) is 0.216. The topological polar surface area (TPSA) is 52.9 Å². The van der Waals surface area contributed by atoms with Crippen LogP contribution in [-0.4, -0.2) is 9.36 Å². The van der Waals surface area contributed by atoms with E-state index in [9.17, 15) is 4.79 Å². The molecule has 0 saturated carbocycles. The predicted octanol–water partition coefficient (Wildman–Crippen LogP) is 2.19. The van der Waals surface area contributed by atoms with Crippen LogP contribution in [-0.2, 0) is 7.05 Å². The van der Waals surface area contributed by atoms with E-state index in [1.165, 1.54) is 0 Å². The van der Waals surface area contributed by atoms with E-state index in [2.05, 4.69) is 0 Å². The molecule has 0 fully saturated rings. The molecule has 2 N–H and O–H groups in total. The summed E-state index contributed by atoms with van der Waals surface area (Å²) in [6, 6.07) is 7.84. The van der Waals surface area contributed by atoms with E-state index in [1.807, 2.05) is 56.8 Å². The lowest BCUT2D eigenvalue weighted by Gasteiger charge is -2.12. The molecule has 0 aliphatic carbocycles. The molecule has 0 aliphatic rings.